The number of amides is 1. The molecule has 2 heterocycles. The molecule has 0 radical (unpaired) electrons. The molecule has 4 aliphatic rings. The first kappa shape index (κ1) is 21.6. The highest BCUT2D eigenvalue weighted by atomic mass is 16.6. The van der Waals surface area contributed by atoms with Crippen LogP contribution in [0.15, 0.2) is 54.1 Å². The van der Waals surface area contributed by atoms with Crippen LogP contribution in [0.25, 0.3) is 0 Å². The third kappa shape index (κ3) is 3.22. The van der Waals surface area contributed by atoms with Crippen molar-refractivity contribution >= 4 is 11.7 Å². The first-order chi connectivity index (χ1) is 15.3. The Bertz CT molecular complexity index is 982. The van der Waals surface area contributed by atoms with Gasteiger partial charge < -0.3 is 10.1 Å². The Kier molecular flexibility index (Phi) is 5.20. The van der Waals surface area contributed by atoms with Gasteiger partial charge in [-0.25, -0.2) is 0 Å². The molecule has 2 fully saturated rings. The van der Waals surface area contributed by atoms with Gasteiger partial charge in [0.05, 0.1) is 11.7 Å². The standard InChI is InChI=1S/C28H35NO3/c1-17-9-8-12-21-15-18(2)19(3)24-22(16-20-10-6-5-7-11-20)29-26(31)28(21,24)23(30)13-14-27(4)25(17)32-27/h5-8,10-12,15,17,19,21-22,24-25H,9,13-14,16H2,1-4H3,(H,29,31)/b12-8+/t17-,19+,21-,22-,24-,25+,27+,28+/m0/s1. The minimum absolute atomic E-state index is 0.0482. The third-order valence-electron chi connectivity index (χ3n) is 8.79. The van der Waals surface area contributed by atoms with E-state index in [0.29, 0.717) is 18.8 Å². The molecule has 0 unspecified atom stereocenters. The number of benzene rings is 1. The number of hydrogen-bond acceptors (Lipinski definition) is 3. The van der Waals surface area contributed by atoms with Crippen molar-refractivity contribution in [3.8, 4) is 0 Å². The number of Topliss-reactive ketones (excluding diaryl/α,β-unsaturated/α-hetero) is 1. The molecular weight excluding hydrogens is 398 g/mol. The van der Waals surface area contributed by atoms with Crippen molar-refractivity contribution < 1.29 is 14.3 Å². The summed E-state index contributed by atoms with van der Waals surface area (Å²) in [5, 5.41) is 3.30. The molecule has 0 aromatic heterocycles. The summed E-state index contributed by atoms with van der Waals surface area (Å²) in [5.74, 6) is 0.347. The van der Waals surface area contributed by atoms with Crippen molar-refractivity contribution in [3.63, 3.8) is 0 Å². The maximum atomic E-state index is 14.1. The Morgan fingerprint density at radius 1 is 1.16 bits per heavy atom. The number of nitrogens with one attached hydrogen (secondary N) is 1. The van der Waals surface area contributed by atoms with Crippen molar-refractivity contribution in [2.75, 3.05) is 0 Å². The molecule has 4 heteroatoms. The third-order valence-corrected chi connectivity index (χ3v) is 8.79. The van der Waals surface area contributed by atoms with Gasteiger partial charge in [0.2, 0.25) is 5.91 Å². The SMILES string of the molecule is CC1=C[C@@H]2/C=C/C[C@H](C)[C@H]3O[C@]3(C)CCC(=O)[C@]23C(=O)N[C@@H](Cc2ccccc2)[C@@H]3[C@@H]1C. The number of rotatable bonds is 2. The second-order valence-corrected chi connectivity index (χ2v) is 10.8. The van der Waals surface area contributed by atoms with Crippen molar-refractivity contribution in [2.45, 2.75) is 71.1 Å². The highest BCUT2D eigenvalue weighted by Crippen LogP contribution is 2.56. The molecule has 2 saturated heterocycles. The summed E-state index contributed by atoms with van der Waals surface area (Å²) in [6.45, 7) is 8.70. The van der Waals surface area contributed by atoms with Gasteiger partial charge in [-0.3, -0.25) is 9.59 Å². The van der Waals surface area contributed by atoms with Gasteiger partial charge in [-0.15, -0.1) is 0 Å². The van der Waals surface area contributed by atoms with Gasteiger partial charge in [0, 0.05) is 24.3 Å². The van der Waals surface area contributed by atoms with Crippen LogP contribution in [0.3, 0.4) is 0 Å². The van der Waals surface area contributed by atoms with Crippen LogP contribution < -0.4 is 5.32 Å². The van der Waals surface area contributed by atoms with Crippen LogP contribution in [0.1, 0.15) is 52.5 Å². The highest BCUT2D eigenvalue weighted by molar-refractivity contribution is 6.09. The number of fused-ring (bicyclic) bond motifs is 1. The predicted molar refractivity (Wildman–Crippen MR) is 125 cm³/mol. The first-order valence-corrected chi connectivity index (χ1v) is 12.2. The van der Waals surface area contributed by atoms with E-state index in [0.717, 1.165) is 12.8 Å². The fraction of sp³-hybridized carbons (Fsp3) is 0.571. The van der Waals surface area contributed by atoms with E-state index in [1.54, 1.807) is 0 Å². The fourth-order valence-electron chi connectivity index (χ4n) is 6.87. The molecule has 5 rings (SSSR count). The van der Waals surface area contributed by atoms with Crippen molar-refractivity contribution in [3.05, 3.63) is 59.7 Å². The smallest absolute Gasteiger partial charge is 0.235 e. The molecule has 1 aromatic rings. The van der Waals surface area contributed by atoms with E-state index in [1.165, 1.54) is 11.1 Å². The minimum Gasteiger partial charge on any atom is -0.366 e. The van der Waals surface area contributed by atoms with Crippen molar-refractivity contribution in [1.82, 2.24) is 5.32 Å². The summed E-state index contributed by atoms with van der Waals surface area (Å²) in [6, 6.07) is 10.3. The normalized spacial score (nSPS) is 44.3. The molecular formula is C28H35NO3. The number of allylic oxidation sites excluding steroid dienone is 4. The Balaban J connectivity index is 1.57. The van der Waals surface area contributed by atoms with Gasteiger partial charge in [-0.1, -0.05) is 68.0 Å². The van der Waals surface area contributed by atoms with E-state index in [9.17, 15) is 9.59 Å². The second kappa shape index (κ2) is 7.69. The van der Waals surface area contributed by atoms with E-state index in [-0.39, 0.29) is 47.2 Å². The fourth-order valence-corrected chi connectivity index (χ4v) is 6.87. The molecule has 1 N–H and O–H groups in total. The zero-order valence-electron chi connectivity index (χ0n) is 19.6. The van der Waals surface area contributed by atoms with Crippen LogP contribution in [0.2, 0.25) is 0 Å². The second-order valence-electron chi connectivity index (χ2n) is 10.8. The minimum atomic E-state index is -1.02. The predicted octanol–water partition coefficient (Wildman–Crippen LogP) is 4.65. The highest BCUT2D eigenvalue weighted by Gasteiger charge is 2.65. The van der Waals surface area contributed by atoms with E-state index in [4.69, 9.17) is 4.74 Å². The Morgan fingerprint density at radius 2 is 1.91 bits per heavy atom. The lowest BCUT2D eigenvalue weighted by Crippen LogP contribution is -2.52. The van der Waals surface area contributed by atoms with Gasteiger partial charge >= 0.3 is 0 Å². The zero-order chi connectivity index (χ0) is 22.7. The molecule has 0 saturated carbocycles. The molecule has 1 amide bonds. The van der Waals surface area contributed by atoms with E-state index in [1.807, 2.05) is 18.2 Å². The summed E-state index contributed by atoms with van der Waals surface area (Å²) in [7, 11) is 0. The van der Waals surface area contributed by atoms with Gasteiger partial charge in [0.1, 0.15) is 11.2 Å². The monoisotopic (exact) mass is 433 g/mol. The summed E-state index contributed by atoms with van der Waals surface area (Å²) in [5.41, 5.74) is 1.22. The number of carbonyl (C=O) groups is 2. The average Bonchev–Trinajstić information content (AvgIpc) is 3.36. The lowest BCUT2D eigenvalue weighted by Gasteiger charge is -2.44. The van der Waals surface area contributed by atoms with Crippen LogP contribution in [0.4, 0.5) is 0 Å². The lowest BCUT2D eigenvalue weighted by atomic mass is 9.54. The van der Waals surface area contributed by atoms with Crippen molar-refractivity contribution in [1.29, 1.82) is 0 Å². The number of ether oxygens (including phenoxy) is 1. The molecule has 1 spiro atoms. The van der Waals surface area contributed by atoms with Gasteiger partial charge in [0.15, 0.2) is 0 Å². The van der Waals surface area contributed by atoms with Crippen LogP contribution in [-0.4, -0.2) is 29.4 Å². The molecule has 170 valence electrons. The maximum Gasteiger partial charge on any atom is 0.235 e. The molecule has 32 heavy (non-hydrogen) atoms. The number of hydrogen-bond donors (Lipinski definition) is 1. The van der Waals surface area contributed by atoms with E-state index < -0.39 is 5.41 Å². The zero-order valence-corrected chi connectivity index (χ0v) is 19.6. The molecule has 8 atom stereocenters. The molecule has 4 nitrogen and oxygen atoms in total. The molecule has 2 aliphatic heterocycles. The summed E-state index contributed by atoms with van der Waals surface area (Å²) >= 11 is 0. The summed E-state index contributed by atoms with van der Waals surface area (Å²) in [4.78, 5) is 27.8. The Labute approximate surface area is 191 Å². The number of carbonyl (C=O) groups excluding carboxylic acids is 2. The quantitative estimate of drug-likeness (QED) is 0.420. The maximum absolute atomic E-state index is 14.1. The molecule has 1 aromatic carbocycles. The van der Waals surface area contributed by atoms with Crippen LogP contribution >= 0.6 is 0 Å². The Hall–Kier alpha value is -2.20. The van der Waals surface area contributed by atoms with Crippen LogP contribution in [-0.2, 0) is 20.7 Å². The van der Waals surface area contributed by atoms with E-state index >= 15 is 0 Å². The van der Waals surface area contributed by atoms with Gasteiger partial charge in [0.25, 0.3) is 0 Å². The van der Waals surface area contributed by atoms with Gasteiger partial charge in [-0.2, -0.15) is 0 Å². The van der Waals surface area contributed by atoms with Crippen LogP contribution in [0.5, 0.6) is 0 Å². The number of ketones is 1. The summed E-state index contributed by atoms with van der Waals surface area (Å²) < 4.78 is 6.05. The largest absolute Gasteiger partial charge is 0.366 e. The molecule has 0 bridgehead atoms. The van der Waals surface area contributed by atoms with Gasteiger partial charge in [-0.05, 0) is 50.5 Å². The lowest BCUT2D eigenvalue weighted by molar-refractivity contribution is -0.145. The Morgan fingerprint density at radius 3 is 2.66 bits per heavy atom. The first-order valence-electron chi connectivity index (χ1n) is 12.2. The molecule has 2 aliphatic carbocycles. The topological polar surface area (TPSA) is 58.7 Å². The van der Waals surface area contributed by atoms with Crippen LogP contribution in [0, 0.1) is 29.1 Å². The number of epoxide rings is 1. The summed E-state index contributed by atoms with van der Waals surface area (Å²) in [6.07, 6.45) is 9.47. The van der Waals surface area contributed by atoms with E-state index in [2.05, 4.69) is 63.4 Å². The average molecular weight is 434 g/mol. The van der Waals surface area contributed by atoms with Crippen molar-refractivity contribution in [2.24, 2.45) is 29.1 Å².